The fraction of sp³-hybridized carbons (Fsp3) is 0.778. The van der Waals surface area contributed by atoms with E-state index >= 15 is 0 Å². The van der Waals surface area contributed by atoms with Crippen molar-refractivity contribution in [2.45, 2.75) is 38.5 Å². The molecule has 0 heterocycles. The van der Waals surface area contributed by atoms with E-state index < -0.39 is 0 Å². The highest BCUT2D eigenvalue weighted by molar-refractivity contribution is 5.13. The van der Waals surface area contributed by atoms with Gasteiger partial charge in [0.25, 0.3) is 0 Å². The van der Waals surface area contributed by atoms with Crippen LogP contribution in [0.15, 0.2) is 0 Å². The Morgan fingerprint density at radius 3 is 1.90 bits per heavy atom. The molecule has 53 valence electrons. The van der Waals surface area contributed by atoms with Gasteiger partial charge in [0.05, 0.1) is 11.5 Å². The summed E-state index contributed by atoms with van der Waals surface area (Å²) in [5.41, 5.74) is 0.113. The lowest BCUT2D eigenvalue weighted by atomic mass is 9.61. The topological polar surface area (TPSA) is 23.8 Å². The molecule has 0 amide bonds. The van der Waals surface area contributed by atoms with Crippen LogP contribution in [0.5, 0.6) is 0 Å². The van der Waals surface area contributed by atoms with Crippen molar-refractivity contribution in [3.8, 4) is 6.07 Å². The average molecular weight is 134 g/mol. The van der Waals surface area contributed by atoms with Crippen LogP contribution < -0.4 is 0 Å². The van der Waals surface area contributed by atoms with Gasteiger partial charge in [-0.1, -0.05) is 0 Å². The van der Waals surface area contributed by atoms with Crippen LogP contribution in [0.4, 0.5) is 0 Å². The highest BCUT2D eigenvalue weighted by Gasteiger charge is 2.40. The smallest absolute Gasteiger partial charge is 0.0689 e. The Morgan fingerprint density at radius 1 is 1.10 bits per heavy atom. The van der Waals surface area contributed by atoms with Crippen molar-refractivity contribution in [2.24, 2.45) is 5.41 Å². The van der Waals surface area contributed by atoms with Crippen molar-refractivity contribution in [2.75, 3.05) is 0 Å². The lowest BCUT2D eigenvalue weighted by molar-refractivity contribution is 0.202. The van der Waals surface area contributed by atoms with Crippen molar-refractivity contribution >= 4 is 0 Å². The molecule has 1 nitrogen and oxygen atoms in total. The summed E-state index contributed by atoms with van der Waals surface area (Å²) in [5, 5.41) is 8.91. The molecule has 0 N–H and O–H groups in total. The summed E-state index contributed by atoms with van der Waals surface area (Å²) < 4.78 is 0. The van der Waals surface area contributed by atoms with Gasteiger partial charge < -0.3 is 0 Å². The fourth-order valence-electron chi connectivity index (χ4n) is 2.17. The summed E-state index contributed by atoms with van der Waals surface area (Å²) in [7, 11) is 0. The number of nitriles is 1. The minimum atomic E-state index is 0.113. The number of hydrogen-bond acceptors (Lipinski definition) is 1. The molecule has 0 spiro atoms. The molecule has 1 radical (unpaired) electrons. The molecule has 0 aromatic rings. The summed E-state index contributed by atoms with van der Waals surface area (Å²) in [4.78, 5) is 0. The summed E-state index contributed by atoms with van der Waals surface area (Å²) in [6.07, 6.45) is 7.19. The molecule has 0 aromatic carbocycles. The van der Waals surface area contributed by atoms with Gasteiger partial charge in [-0.2, -0.15) is 5.26 Å². The van der Waals surface area contributed by atoms with Gasteiger partial charge in [-0.3, -0.25) is 0 Å². The van der Waals surface area contributed by atoms with E-state index in [-0.39, 0.29) is 5.41 Å². The van der Waals surface area contributed by atoms with Crippen LogP contribution in [-0.2, 0) is 0 Å². The quantitative estimate of drug-likeness (QED) is 0.499. The number of nitrogens with zero attached hydrogens (tertiary/aromatic N) is 1. The first-order valence-corrected chi connectivity index (χ1v) is 4.09. The number of rotatable bonds is 0. The zero-order chi connectivity index (χ0) is 7.03. The van der Waals surface area contributed by atoms with Crippen molar-refractivity contribution in [3.05, 3.63) is 5.92 Å². The summed E-state index contributed by atoms with van der Waals surface area (Å²) in [6, 6.07) is 2.49. The lowest BCUT2D eigenvalue weighted by Gasteiger charge is -2.41. The molecule has 0 aromatic heterocycles. The van der Waals surface area contributed by atoms with E-state index in [0.29, 0.717) is 0 Å². The standard InChI is InChI=1S/C9H12N/c10-7-9-4-1-8(2-5-9)3-6-9/h1-6H2. The zero-order valence-electron chi connectivity index (χ0n) is 6.19. The van der Waals surface area contributed by atoms with E-state index in [1.165, 1.54) is 19.3 Å². The van der Waals surface area contributed by atoms with Crippen LogP contribution in [0.2, 0.25) is 0 Å². The average Bonchev–Trinajstić information content (AvgIpc) is 2.08. The van der Waals surface area contributed by atoms with Crippen LogP contribution in [0, 0.1) is 22.7 Å². The predicted molar refractivity (Wildman–Crippen MR) is 39.0 cm³/mol. The largest absolute Gasteiger partial charge is 0.198 e. The highest BCUT2D eigenvalue weighted by atomic mass is 14.5. The lowest BCUT2D eigenvalue weighted by Crippen LogP contribution is -2.31. The first kappa shape index (κ1) is 6.22. The molecule has 10 heavy (non-hydrogen) atoms. The zero-order valence-corrected chi connectivity index (χ0v) is 6.19. The van der Waals surface area contributed by atoms with Crippen molar-refractivity contribution in [1.29, 1.82) is 5.26 Å². The normalized spacial score (nSPS) is 29.9. The molecule has 0 saturated heterocycles. The van der Waals surface area contributed by atoms with Gasteiger partial charge in [0.15, 0.2) is 0 Å². The number of hydrogen-bond donors (Lipinski definition) is 0. The molecule has 3 saturated carbocycles. The van der Waals surface area contributed by atoms with Crippen LogP contribution in [0.25, 0.3) is 0 Å². The minimum absolute atomic E-state index is 0.113. The second-order valence-electron chi connectivity index (χ2n) is 3.64. The SMILES string of the molecule is N#CC12CC[C](CC1)CC2. The van der Waals surface area contributed by atoms with E-state index in [0.717, 1.165) is 19.3 Å². The van der Waals surface area contributed by atoms with Crippen LogP contribution in [0.3, 0.4) is 0 Å². The molecular formula is C9H12N. The van der Waals surface area contributed by atoms with Gasteiger partial charge in [0.1, 0.15) is 0 Å². The van der Waals surface area contributed by atoms with Gasteiger partial charge in [-0.15, -0.1) is 0 Å². The maximum absolute atomic E-state index is 8.91. The Labute approximate surface area is 62.0 Å². The Morgan fingerprint density at radius 2 is 1.60 bits per heavy atom. The Kier molecular flexibility index (Phi) is 1.23. The van der Waals surface area contributed by atoms with Crippen molar-refractivity contribution in [1.82, 2.24) is 0 Å². The molecule has 3 aliphatic rings. The summed E-state index contributed by atoms with van der Waals surface area (Å²) in [6.45, 7) is 0. The monoisotopic (exact) mass is 134 g/mol. The minimum Gasteiger partial charge on any atom is -0.198 e. The van der Waals surface area contributed by atoms with Gasteiger partial charge in [0.2, 0.25) is 0 Å². The molecular weight excluding hydrogens is 122 g/mol. The molecule has 0 unspecified atom stereocenters. The third-order valence-electron chi connectivity index (χ3n) is 3.11. The fourth-order valence-corrected chi connectivity index (χ4v) is 2.17. The van der Waals surface area contributed by atoms with E-state index in [9.17, 15) is 0 Å². The predicted octanol–water partition coefficient (Wildman–Crippen LogP) is 2.44. The Balaban J connectivity index is 2.17. The van der Waals surface area contributed by atoms with Crippen LogP contribution in [0.1, 0.15) is 38.5 Å². The molecule has 3 rings (SSSR count). The van der Waals surface area contributed by atoms with Gasteiger partial charge in [-0.25, -0.2) is 0 Å². The molecule has 3 aliphatic carbocycles. The molecule has 2 bridgehead atoms. The summed E-state index contributed by atoms with van der Waals surface area (Å²) >= 11 is 0. The van der Waals surface area contributed by atoms with E-state index in [4.69, 9.17) is 5.26 Å². The van der Waals surface area contributed by atoms with E-state index in [1.54, 1.807) is 5.92 Å². The molecule has 3 fully saturated rings. The molecule has 1 heteroatoms. The second-order valence-corrected chi connectivity index (χ2v) is 3.64. The summed E-state index contributed by atoms with van der Waals surface area (Å²) in [5.74, 6) is 1.72. The van der Waals surface area contributed by atoms with Gasteiger partial charge in [-0.05, 0) is 44.4 Å². The third kappa shape index (κ3) is 0.751. The van der Waals surface area contributed by atoms with Crippen LogP contribution >= 0.6 is 0 Å². The van der Waals surface area contributed by atoms with Crippen molar-refractivity contribution in [3.63, 3.8) is 0 Å². The van der Waals surface area contributed by atoms with Crippen LogP contribution in [-0.4, -0.2) is 0 Å². The first-order chi connectivity index (χ1) is 4.85. The molecule has 0 aliphatic heterocycles. The van der Waals surface area contributed by atoms with Crippen molar-refractivity contribution < 1.29 is 0 Å². The second kappa shape index (κ2) is 1.99. The van der Waals surface area contributed by atoms with Gasteiger partial charge >= 0.3 is 0 Å². The maximum atomic E-state index is 8.91. The Bertz CT molecular complexity index is 156. The Hall–Kier alpha value is -0.510. The highest BCUT2D eigenvalue weighted by Crippen LogP contribution is 2.50. The van der Waals surface area contributed by atoms with E-state index in [1.807, 2.05) is 0 Å². The first-order valence-electron chi connectivity index (χ1n) is 4.09. The number of fused-ring (bicyclic) bond motifs is 3. The van der Waals surface area contributed by atoms with E-state index in [2.05, 4.69) is 6.07 Å². The third-order valence-corrected chi connectivity index (χ3v) is 3.11. The van der Waals surface area contributed by atoms with Gasteiger partial charge in [0, 0.05) is 0 Å². The molecule has 0 atom stereocenters. The maximum Gasteiger partial charge on any atom is 0.0689 e.